The zero-order valence-corrected chi connectivity index (χ0v) is 11.8. The van der Waals surface area contributed by atoms with Gasteiger partial charge in [-0.15, -0.1) is 11.3 Å². The van der Waals surface area contributed by atoms with Gasteiger partial charge in [-0.3, -0.25) is 14.5 Å². The van der Waals surface area contributed by atoms with Gasteiger partial charge in [0.25, 0.3) is 11.7 Å². The Morgan fingerprint density at radius 1 is 1.30 bits per heavy atom. The van der Waals surface area contributed by atoms with Crippen molar-refractivity contribution in [3.8, 4) is 0 Å². The average molecular weight is 290 g/mol. The maximum Gasteiger partial charge on any atom is 0.299 e. The van der Waals surface area contributed by atoms with Crippen molar-refractivity contribution in [2.75, 3.05) is 4.90 Å². The Morgan fingerprint density at radius 3 is 2.70 bits per heavy atom. The molecule has 0 bridgehead atoms. The summed E-state index contributed by atoms with van der Waals surface area (Å²) < 4.78 is 14.1. The summed E-state index contributed by atoms with van der Waals surface area (Å²) in [4.78, 5) is 29.4. The van der Waals surface area contributed by atoms with E-state index in [-0.39, 0.29) is 17.8 Å². The molecule has 0 unspecified atom stereocenters. The number of aromatic nitrogens is 1. The molecule has 0 radical (unpaired) electrons. The van der Waals surface area contributed by atoms with Crippen LogP contribution in [0.3, 0.4) is 0 Å². The molecule has 2 aromatic rings. The third kappa shape index (κ3) is 1.92. The molecule has 2 heterocycles. The number of hydrogen-bond acceptors (Lipinski definition) is 4. The molecule has 0 fully saturated rings. The summed E-state index contributed by atoms with van der Waals surface area (Å²) in [6, 6.07) is 2.87. The predicted molar refractivity (Wildman–Crippen MR) is 73.5 cm³/mol. The molecule has 0 aliphatic carbocycles. The van der Waals surface area contributed by atoms with Crippen LogP contribution in [-0.4, -0.2) is 16.7 Å². The van der Waals surface area contributed by atoms with Gasteiger partial charge >= 0.3 is 0 Å². The molecule has 1 aliphatic heterocycles. The second kappa shape index (κ2) is 4.49. The number of carbonyl (C=O) groups is 2. The number of Topliss-reactive ketones (excluding diaryl/α,β-unsaturated/α-hetero) is 1. The fraction of sp³-hybridized carbons (Fsp3) is 0.214. The van der Waals surface area contributed by atoms with E-state index in [1.54, 1.807) is 18.4 Å². The largest absolute Gasteiger partial charge is 0.299 e. The summed E-state index contributed by atoms with van der Waals surface area (Å²) in [5.41, 5.74) is 1.48. The van der Waals surface area contributed by atoms with Crippen LogP contribution in [-0.2, 0) is 11.3 Å². The van der Waals surface area contributed by atoms with Crippen LogP contribution in [0.2, 0.25) is 0 Å². The number of amides is 1. The number of benzene rings is 1. The molecule has 3 rings (SSSR count). The van der Waals surface area contributed by atoms with Crippen LogP contribution in [0.1, 0.15) is 26.6 Å². The molecule has 102 valence electrons. The minimum absolute atomic E-state index is 0.0660. The molecule has 20 heavy (non-hydrogen) atoms. The van der Waals surface area contributed by atoms with Crippen LogP contribution in [0.15, 0.2) is 17.5 Å². The van der Waals surface area contributed by atoms with Gasteiger partial charge in [0.2, 0.25) is 0 Å². The van der Waals surface area contributed by atoms with Gasteiger partial charge in [0.15, 0.2) is 0 Å². The van der Waals surface area contributed by atoms with Gasteiger partial charge in [0, 0.05) is 5.38 Å². The van der Waals surface area contributed by atoms with Crippen molar-refractivity contribution >= 4 is 28.7 Å². The highest BCUT2D eigenvalue weighted by Gasteiger charge is 2.38. The van der Waals surface area contributed by atoms with E-state index < -0.39 is 17.5 Å². The molecule has 1 aliphatic rings. The summed E-state index contributed by atoms with van der Waals surface area (Å²) in [5, 5.41) is 2.67. The number of anilines is 1. The van der Waals surface area contributed by atoms with Gasteiger partial charge in [0.05, 0.1) is 28.5 Å². The lowest BCUT2D eigenvalue weighted by molar-refractivity contribution is -0.114. The van der Waals surface area contributed by atoms with E-state index in [1.807, 2.05) is 6.92 Å². The van der Waals surface area contributed by atoms with Crippen LogP contribution in [0.4, 0.5) is 10.1 Å². The number of aryl methyl sites for hydroxylation is 2. The Hall–Kier alpha value is -2.08. The van der Waals surface area contributed by atoms with Crippen molar-refractivity contribution in [2.24, 2.45) is 0 Å². The Bertz CT molecular complexity index is 739. The van der Waals surface area contributed by atoms with Crippen molar-refractivity contribution in [1.82, 2.24) is 4.98 Å². The smallest absolute Gasteiger partial charge is 0.296 e. The van der Waals surface area contributed by atoms with Crippen LogP contribution in [0, 0.1) is 19.7 Å². The maximum absolute atomic E-state index is 14.1. The van der Waals surface area contributed by atoms with Crippen LogP contribution in [0.5, 0.6) is 0 Å². The van der Waals surface area contributed by atoms with E-state index >= 15 is 0 Å². The molecule has 6 heteroatoms. The van der Waals surface area contributed by atoms with Crippen molar-refractivity contribution in [3.05, 3.63) is 45.2 Å². The SMILES string of the molecule is Cc1cc(F)c2c(c1)C(=O)C(=O)N2Cc1csc(C)n1. The van der Waals surface area contributed by atoms with Gasteiger partial charge < -0.3 is 0 Å². The number of nitrogens with zero attached hydrogens (tertiary/aromatic N) is 2. The first-order valence-electron chi connectivity index (χ1n) is 6.04. The highest BCUT2D eigenvalue weighted by molar-refractivity contribution is 7.09. The summed E-state index contributed by atoms with van der Waals surface area (Å²) >= 11 is 1.45. The molecule has 1 amide bonds. The van der Waals surface area contributed by atoms with E-state index in [9.17, 15) is 14.0 Å². The van der Waals surface area contributed by atoms with Crippen molar-refractivity contribution in [3.63, 3.8) is 0 Å². The quantitative estimate of drug-likeness (QED) is 0.799. The van der Waals surface area contributed by atoms with E-state index in [4.69, 9.17) is 0 Å². The topological polar surface area (TPSA) is 50.3 Å². The number of ketones is 1. The third-order valence-corrected chi connectivity index (χ3v) is 3.97. The van der Waals surface area contributed by atoms with Crippen molar-refractivity contribution in [1.29, 1.82) is 0 Å². The molecule has 1 aromatic heterocycles. The summed E-state index contributed by atoms with van der Waals surface area (Å²) in [6.07, 6.45) is 0. The van der Waals surface area contributed by atoms with E-state index in [1.165, 1.54) is 22.3 Å². The standard InChI is InChI=1S/C14H11FN2O2S/c1-7-3-10-12(11(15)4-7)17(14(19)13(10)18)5-9-6-20-8(2)16-9/h3-4,6H,5H2,1-2H3. The minimum atomic E-state index is -0.699. The number of hydrogen-bond donors (Lipinski definition) is 0. The highest BCUT2D eigenvalue weighted by atomic mass is 32.1. The molecule has 0 atom stereocenters. The van der Waals surface area contributed by atoms with Gasteiger partial charge in [-0.05, 0) is 31.5 Å². The first-order valence-corrected chi connectivity index (χ1v) is 6.92. The fourth-order valence-corrected chi connectivity index (χ4v) is 2.92. The van der Waals surface area contributed by atoms with E-state index in [2.05, 4.69) is 4.98 Å². The zero-order chi connectivity index (χ0) is 14.4. The summed E-state index contributed by atoms with van der Waals surface area (Å²) in [7, 11) is 0. The van der Waals surface area contributed by atoms with Gasteiger partial charge in [-0.1, -0.05) is 0 Å². The van der Waals surface area contributed by atoms with Gasteiger partial charge in [0.1, 0.15) is 5.82 Å². The van der Waals surface area contributed by atoms with Crippen LogP contribution in [0.25, 0.3) is 0 Å². The highest BCUT2D eigenvalue weighted by Crippen LogP contribution is 2.34. The number of thiazole rings is 1. The third-order valence-electron chi connectivity index (χ3n) is 3.15. The van der Waals surface area contributed by atoms with E-state index in [0.29, 0.717) is 11.3 Å². The normalized spacial score (nSPS) is 14.1. The van der Waals surface area contributed by atoms with Gasteiger partial charge in [-0.25, -0.2) is 9.37 Å². The van der Waals surface area contributed by atoms with E-state index in [0.717, 1.165) is 5.01 Å². The Kier molecular flexibility index (Phi) is 2.90. The Labute approximate surface area is 118 Å². The number of carbonyl (C=O) groups excluding carboxylic acids is 2. The fourth-order valence-electron chi connectivity index (χ4n) is 2.32. The van der Waals surface area contributed by atoms with Crippen molar-refractivity contribution in [2.45, 2.75) is 20.4 Å². The minimum Gasteiger partial charge on any atom is -0.296 e. The van der Waals surface area contributed by atoms with Crippen LogP contribution < -0.4 is 4.90 Å². The monoisotopic (exact) mass is 290 g/mol. The summed E-state index contributed by atoms with van der Waals surface area (Å²) in [5.74, 6) is -1.91. The first-order chi connectivity index (χ1) is 9.47. The Balaban J connectivity index is 2.06. The predicted octanol–water partition coefficient (Wildman–Crippen LogP) is 2.63. The second-order valence-electron chi connectivity index (χ2n) is 4.72. The molecule has 0 N–H and O–H groups in total. The number of rotatable bonds is 2. The summed E-state index contributed by atoms with van der Waals surface area (Å²) in [6.45, 7) is 3.65. The first kappa shape index (κ1) is 12.9. The van der Waals surface area contributed by atoms with Crippen molar-refractivity contribution < 1.29 is 14.0 Å². The number of halogens is 1. The molecule has 1 aromatic carbocycles. The van der Waals surface area contributed by atoms with Gasteiger partial charge in [-0.2, -0.15) is 0 Å². The molecule has 0 saturated heterocycles. The maximum atomic E-state index is 14.1. The molecule has 0 spiro atoms. The molecular formula is C14H11FN2O2S. The van der Waals surface area contributed by atoms with Crippen LogP contribution >= 0.6 is 11.3 Å². The number of fused-ring (bicyclic) bond motifs is 1. The second-order valence-corrected chi connectivity index (χ2v) is 5.78. The molecular weight excluding hydrogens is 279 g/mol. The lowest BCUT2D eigenvalue weighted by atomic mass is 10.1. The zero-order valence-electron chi connectivity index (χ0n) is 10.9. The Morgan fingerprint density at radius 2 is 2.05 bits per heavy atom. The molecule has 0 saturated carbocycles. The molecule has 4 nitrogen and oxygen atoms in total. The lowest BCUT2D eigenvalue weighted by Gasteiger charge is -2.15. The average Bonchev–Trinajstić information content (AvgIpc) is 2.88. The lowest BCUT2D eigenvalue weighted by Crippen LogP contribution is -2.29.